The van der Waals surface area contributed by atoms with E-state index in [1.54, 1.807) is 31.1 Å². The second-order valence-corrected chi connectivity index (χ2v) is 4.04. The molecule has 16 heavy (non-hydrogen) atoms. The number of carbonyl (C=O) groups is 1. The van der Waals surface area contributed by atoms with Crippen molar-refractivity contribution in [1.29, 1.82) is 0 Å². The van der Waals surface area contributed by atoms with Crippen LogP contribution in [-0.2, 0) is 4.79 Å². The van der Waals surface area contributed by atoms with Crippen LogP contribution in [0.4, 0.5) is 10.1 Å². The fraction of sp³-hybridized carbons (Fsp3) is 0.417. The van der Waals surface area contributed by atoms with Gasteiger partial charge in [0.05, 0.1) is 0 Å². The number of hydrogen-bond donors (Lipinski definition) is 1. The molecule has 1 atom stereocenters. The molecule has 0 saturated heterocycles. The first-order valence-corrected chi connectivity index (χ1v) is 5.21. The molecule has 88 valence electrons. The minimum atomic E-state index is -0.262. The normalized spacial score (nSPS) is 12.0. The molecule has 0 bridgehead atoms. The monoisotopic (exact) mass is 224 g/mol. The summed E-state index contributed by atoms with van der Waals surface area (Å²) in [5.74, 6) is -0.190. The van der Waals surface area contributed by atoms with Gasteiger partial charge in [0.2, 0.25) is 5.91 Å². The van der Waals surface area contributed by atoms with Crippen LogP contribution in [0.3, 0.4) is 0 Å². The number of carbonyl (C=O) groups excluding carboxylic acids is 1. The zero-order valence-corrected chi connectivity index (χ0v) is 9.83. The van der Waals surface area contributed by atoms with Crippen molar-refractivity contribution in [1.82, 2.24) is 4.90 Å². The van der Waals surface area contributed by atoms with Crippen molar-refractivity contribution in [3.8, 4) is 0 Å². The fourth-order valence-electron chi connectivity index (χ4n) is 1.33. The van der Waals surface area contributed by atoms with E-state index in [1.165, 1.54) is 12.1 Å². The molecule has 0 aliphatic heterocycles. The third-order valence-corrected chi connectivity index (χ3v) is 2.24. The summed E-state index contributed by atoms with van der Waals surface area (Å²) in [5, 5.41) is 3.14. The van der Waals surface area contributed by atoms with Gasteiger partial charge in [-0.05, 0) is 31.2 Å². The van der Waals surface area contributed by atoms with Crippen LogP contribution >= 0.6 is 0 Å². The Morgan fingerprint density at radius 1 is 1.38 bits per heavy atom. The predicted octanol–water partition coefficient (Wildman–Crippen LogP) is 2.10. The zero-order chi connectivity index (χ0) is 12.1. The average molecular weight is 224 g/mol. The van der Waals surface area contributed by atoms with Gasteiger partial charge >= 0.3 is 0 Å². The quantitative estimate of drug-likeness (QED) is 0.849. The molecular weight excluding hydrogens is 207 g/mol. The molecular formula is C12H17FN2O. The number of nitrogens with one attached hydrogen (secondary N) is 1. The van der Waals surface area contributed by atoms with E-state index >= 15 is 0 Å². The standard InChI is InChI=1S/C12H17FN2O/c1-9(8-12(16)15(2)3)14-11-6-4-10(13)5-7-11/h4-7,9,14H,8H2,1-3H3. The lowest BCUT2D eigenvalue weighted by atomic mass is 10.2. The summed E-state index contributed by atoms with van der Waals surface area (Å²) in [5.41, 5.74) is 0.820. The molecule has 1 aromatic carbocycles. The van der Waals surface area contributed by atoms with E-state index in [0.29, 0.717) is 6.42 Å². The number of benzene rings is 1. The van der Waals surface area contributed by atoms with Crippen LogP contribution in [0.2, 0.25) is 0 Å². The largest absolute Gasteiger partial charge is 0.382 e. The fourth-order valence-corrected chi connectivity index (χ4v) is 1.33. The van der Waals surface area contributed by atoms with Crippen molar-refractivity contribution >= 4 is 11.6 Å². The SMILES string of the molecule is CC(CC(=O)N(C)C)Nc1ccc(F)cc1. The number of amides is 1. The summed E-state index contributed by atoms with van der Waals surface area (Å²) in [6, 6.07) is 6.13. The third-order valence-electron chi connectivity index (χ3n) is 2.24. The van der Waals surface area contributed by atoms with E-state index in [1.807, 2.05) is 6.92 Å². The van der Waals surface area contributed by atoms with E-state index in [4.69, 9.17) is 0 Å². The van der Waals surface area contributed by atoms with Crippen LogP contribution in [0, 0.1) is 5.82 Å². The van der Waals surface area contributed by atoms with Crippen LogP contribution in [0.1, 0.15) is 13.3 Å². The second-order valence-electron chi connectivity index (χ2n) is 4.04. The third kappa shape index (κ3) is 3.88. The lowest BCUT2D eigenvalue weighted by Gasteiger charge is -2.17. The Balaban J connectivity index is 2.48. The summed E-state index contributed by atoms with van der Waals surface area (Å²) in [4.78, 5) is 13.0. The molecule has 0 radical (unpaired) electrons. The van der Waals surface area contributed by atoms with Crippen LogP contribution in [0.15, 0.2) is 24.3 Å². The molecule has 3 nitrogen and oxygen atoms in total. The molecule has 1 N–H and O–H groups in total. The number of hydrogen-bond acceptors (Lipinski definition) is 2. The molecule has 0 aromatic heterocycles. The highest BCUT2D eigenvalue weighted by Gasteiger charge is 2.10. The topological polar surface area (TPSA) is 32.3 Å². The average Bonchev–Trinajstić information content (AvgIpc) is 2.21. The van der Waals surface area contributed by atoms with Gasteiger partial charge < -0.3 is 10.2 Å². The maximum Gasteiger partial charge on any atom is 0.224 e. The lowest BCUT2D eigenvalue weighted by molar-refractivity contribution is -0.128. The molecule has 1 amide bonds. The summed E-state index contributed by atoms with van der Waals surface area (Å²) in [6.07, 6.45) is 0.421. The van der Waals surface area contributed by atoms with Gasteiger partial charge in [-0.3, -0.25) is 4.79 Å². The highest BCUT2D eigenvalue weighted by Crippen LogP contribution is 2.11. The van der Waals surface area contributed by atoms with Crippen LogP contribution in [0.5, 0.6) is 0 Å². The zero-order valence-electron chi connectivity index (χ0n) is 9.83. The van der Waals surface area contributed by atoms with E-state index in [9.17, 15) is 9.18 Å². The van der Waals surface area contributed by atoms with Crippen molar-refractivity contribution in [2.24, 2.45) is 0 Å². The number of halogens is 1. The van der Waals surface area contributed by atoms with Crippen molar-refractivity contribution in [2.75, 3.05) is 19.4 Å². The molecule has 1 rings (SSSR count). The number of nitrogens with zero attached hydrogens (tertiary/aromatic N) is 1. The van der Waals surface area contributed by atoms with Gasteiger partial charge in [-0.15, -0.1) is 0 Å². The lowest BCUT2D eigenvalue weighted by Crippen LogP contribution is -2.28. The summed E-state index contributed by atoms with van der Waals surface area (Å²) >= 11 is 0. The molecule has 1 aromatic rings. The molecule has 0 saturated carbocycles. The van der Waals surface area contributed by atoms with Crippen molar-refractivity contribution < 1.29 is 9.18 Å². The van der Waals surface area contributed by atoms with Crippen LogP contribution in [-0.4, -0.2) is 30.9 Å². The first-order chi connectivity index (χ1) is 7.49. The van der Waals surface area contributed by atoms with Crippen LogP contribution in [0.25, 0.3) is 0 Å². The minimum Gasteiger partial charge on any atom is -0.382 e. The first-order valence-electron chi connectivity index (χ1n) is 5.21. The van der Waals surface area contributed by atoms with E-state index < -0.39 is 0 Å². The van der Waals surface area contributed by atoms with Crippen LogP contribution < -0.4 is 5.32 Å². The van der Waals surface area contributed by atoms with Gasteiger partial charge in [-0.1, -0.05) is 0 Å². The van der Waals surface area contributed by atoms with Gasteiger partial charge in [0.25, 0.3) is 0 Å². The van der Waals surface area contributed by atoms with Gasteiger partial charge in [-0.2, -0.15) is 0 Å². The van der Waals surface area contributed by atoms with E-state index in [0.717, 1.165) is 5.69 Å². The van der Waals surface area contributed by atoms with E-state index in [-0.39, 0.29) is 17.8 Å². The van der Waals surface area contributed by atoms with Gasteiger partial charge in [0.1, 0.15) is 5.82 Å². The molecule has 0 heterocycles. The molecule has 0 aliphatic carbocycles. The second kappa shape index (κ2) is 5.49. The molecule has 0 spiro atoms. The van der Waals surface area contributed by atoms with Gasteiger partial charge in [0.15, 0.2) is 0 Å². The Hall–Kier alpha value is -1.58. The maximum atomic E-state index is 12.7. The van der Waals surface area contributed by atoms with Crippen molar-refractivity contribution in [2.45, 2.75) is 19.4 Å². The van der Waals surface area contributed by atoms with Crippen molar-refractivity contribution in [3.63, 3.8) is 0 Å². The minimum absolute atomic E-state index is 0.0281. The molecule has 1 unspecified atom stereocenters. The Kier molecular flexibility index (Phi) is 4.28. The number of rotatable bonds is 4. The maximum absolute atomic E-state index is 12.7. The van der Waals surface area contributed by atoms with Gasteiger partial charge in [-0.25, -0.2) is 4.39 Å². The Morgan fingerprint density at radius 2 is 1.94 bits per heavy atom. The Bertz CT molecular complexity index is 349. The Labute approximate surface area is 95.3 Å². The summed E-state index contributed by atoms with van der Waals surface area (Å²) in [7, 11) is 3.46. The Morgan fingerprint density at radius 3 is 2.44 bits per heavy atom. The highest BCUT2D eigenvalue weighted by atomic mass is 19.1. The summed E-state index contributed by atoms with van der Waals surface area (Å²) < 4.78 is 12.7. The van der Waals surface area contributed by atoms with Gasteiger partial charge in [0, 0.05) is 32.2 Å². The predicted molar refractivity (Wildman–Crippen MR) is 62.8 cm³/mol. The first kappa shape index (κ1) is 12.5. The smallest absolute Gasteiger partial charge is 0.224 e. The molecule has 0 aliphatic rings. The summed E-state index contributed by atoms with van der Waals surface area (Å²) in [6.45, 7) is 1.92. The number of anilines is 1. The molecule has 4 heteroatoms. The highest BCUT2D eigenvalue weighted by molar-refractivity contribution is 5.76. The van der Waals surface area contributed by atoms with Crippen molar-refractivity contribution in [3.05, 3.63) is 30.1 Å². The van der Waals surface area contributed by atoms with E-state index in [2.05, 4.69) is 5.32 Å². The molecule has 0 fully saturated rings.